The van der Waals surface area contributed by atoms with E-state index < -0.39 is 53.5 Å². The van der Waals surface area contributed by atoms with Crippen LogP contribution in [-0.4, -0.2) is 59.8 Å². The minimum Gasteiger partial charge on any atom is -0.481 e. The van der Waals surface area contributed by atoms with Gasteiger partial charge in [0.15, 0.2) is 11.5 Å². The molecular formula is C44H41F3N6O7. The molecule has 2 aromatic heterocycles. The largest absolute Gasteiger partial charge is 0.481 e. The van der Waals surface area contributed by atoms with Gasteiger partial charge in [-0.05, 0) is 48.6 Å². The van der Waals surface area contributed by atoms with Gasteiger partial charge >= 0.3 is 18.1 Å². The Labute approximate surface area is 342 Å². The van der Waals surface area contributed by atoms with E-state index in [1.807, 2.05) is 66.7 Å². The van der Waals surface area contributed by atoms with Crippen molar-refractivity contribution in [1.29, 1.82) is 0 Å². The van der Waals surface area contributed by atoms with Crippen LogP contribution >= 0.6 is 0 Å². The molecule has 1 aliphatic rings. The van der Waals surface area contributed by atoms with Gasteiger partial charge in [-0.2, -0.15) is 13.2 Å². The average molecular weight is 823 g/mol. The molecule has 2 amide bonds. The lowest BCUT2D eigenvalue weighted by Gasteiger charge is -2.29. The summed E-state index contributed by atoms with van der Waals surface area (Å²) in [5.74, 6) is -5.19. The Kier molecular flexibility index (Phi) is 13.9. The normalized spacial score (nSPS) is 13.9. The third-order valence-electron chi connectivity index (χ3n) is 9.78. The first-order valence-electron chi connectivity index (χ1n) is 19.2. The molecule has 6 aromatic rings. The highest BCUT2D eigenvalue weighted by molar-refractivity contribution is 5.94. The van der Waals surface area contributed by atoms with Gasteiger partial charge in [-0.3, -0.25) is 19.2 Å². The number of rotatable bonds is 13. The number of hydrogen-bond acceptors (Lipinski definition) is 8. The first-order valence-corrected chi connectivity index (χ1v) is 19.2. The molecule has 310 valence electrons. The molecule has 1 fully saturated rings. The maximum atomic E-state index is 13.4. The molecule has 1 saturated carbocycles. The number of para-hydroxylation sites is 1. The lowest BCUT2D eigenvalue weighted by Crippen LogP contribution is -2.43. The minimum absolute atomic E-state index is 0.0333. The molecule has 7 rings (SSSR count). The van der Waals surface area contributed by atoms with Crippen LogP contribution in [0, 0.1) is 5.92 Å². The number of aliphatic carboxylic acids is 2. The summed E-state index contributed by atoms with van der Waals surface area (Å²) in [5, 5.41) is 28.1. The Hall–Kier alpha value is -7.10. The van der Waals surface area contributed by atoms with E-state index in [1.165, 1.54) is 12.1 Å². The monoisotopic (exact) mass is 822 g/mol. The van der Waals surface area contributed by atoms with Crippen molar-refractivity contribution in [1.82, 2.24) is 30.4 Å². The van der Waals surface area contributed by atoms with Crippen molar-refractivity contribution in [3.8, 4) is 28.5 Å². The van der Waals surface area contributed by atoms with Gasteiger partial charge in [0, 0.05) is 17.2 Å². The molecule has 0 saturated heterocycles. The average Bonchev–Trinajstić information content (AvgIpc) is 3.92. The first kappa shape index (κ1) is 42.5. The van der Waals surface area contributed by atoms with E-state index in [4.69, 9.17) is 9.52 Å². The molecule has 2 atom stereocenters. The molecule has 1 unspecified atom stereocenters. The number of alkyl halides is 3. The predicted molar refractivity (Wildman–Crippen MR) is 213 cm³/mol. The Morgan fingerprint density at radius 2 is 1.25 bits per heavy atom. The van der Waals surface area contributed by atoms with Crippen LogP contribution in [0.4, 0.5) is 13.2 Å². The number of nitrogens with zero attached hydrogens (tertiary/aromatic N) is 4. The van der Waals surface area contributed by atoms with E-state index >= 15 is 0 Å². The number of oxazole rings is 1. The van der Waals surface area contributed by atoms with Crippen molar-refractivity contribution in [3.63, 3.8) is 0 Å². The number of nitrogens with one attached hydrogen (secondary N) is 2. The van der Waals surface area contributed by atoms with Crippen molar-refractivity contribution >= 4 is 23.8 Å². The molecule has 16 heteroatoms. The highest BCUT2D eigenvalue weighted by Gasteiger charge is 2.42. The summed E-state index contributed by atoms with van der Waals surface area (Å²) in [6.45, 7) is 0. The molecule has 0 spiro atoms. The second-order valence-electron chi connectivity index (χ2n) is 14.0. The van der Waals surface area contributed by atoms with Gasteiger partial charge < -0.3 is 25.3 Å². The zero-order valence-electron chi connectivity index (χ0n) is 32.1. The van der Waals surface area contributed by atoms with Crippen LogP contribution < -0.4 is 10.6 Å². The fraction of sp³-hybridized carbons (Fsp3) is 0.250. The van der Waals surface area contributed by atoms with Gasteiger partial charge in [-0.1, -0.05) is 116 Å². The Bertz CT molecular complexity index is 2310. The number of aromatic nitrogens is 4. The van der Waals surface area contributed by atoms with Crippen LogP contribution in [0.15, 0.2) is 126 Å². The SMILES string of the molecule is O=C(O)CC(NC(=O)c1nc(-c2ccccc2)oc1C(F)(F)F)C1CCCCC1.O=C(O)C[C@H](NC(=O)c1nc(-c2ccccc2)n(-c2ccccc2)n1)c1ccccc1. The number of halogens is 3. The minimum atomic E-state index is -4.92. The van der Waals surface area contributed by atoms with Gasteiger partial charge in [-0.15, -0.1) is 5.10 Å². The van der Waals surface area contributed by atoms with Gasteiger partial charge in [0.2, 0.25) is 17.5 Å². The predicted octanol–water partition coefficient (Wildman–Crippen LogP) is 8.39. The molecule has 0 radical (unpaired) electrons. The number of carboxylic acids is 2. The lowest BCUT2D eigenvalue weighted by molar-refractivity contribution is -0.153. The van der Waals surface area contributed by atoms with E-state index in [-0.39, 0.29) is 30.5 Å². The first-order chi connectivity index (χ1) is 28.9. The van der Waals surface area contributed by atoms with Crippen molar-refractivity contribution in [2.75, 3.05) is 0 Å². The van der Waals surface area contributed by atoms with E-state index in [0.717, 1.165) is 43.4 Å². The topological polar surface area (TPSA) is 190 Å². The van der Waals surface area contributed by atoms with Gasteiger partial charge in [0.25, 0.3) is 11.8 Å². The van der Waals surface area contributed by atoms with Crippen LogP contribution in [0.25, 0.3) is 28.5 Å². The maximum Gasteiger partial charge on any atom is 0.452 e. The second kappa shape index (κ2) is 19.6. The zero-order chi connectivity index (χ0) is 42.6. The molecule has 0 bridgehead atoms. The third-order valence-corrected chi connectivity index (χ3v) is 9.78. The summed E-state index contributed by atoms with van der Waals surface area (Å²) < 4.78 is 46.8. The highest BCUT2D eigenvalue weighted by Crippen LogP contribution is 2.36. The Morgan fingerprint density at radius 3 is 1.82 bits per heavy atom. The summed E-state index contributed by atoms with van der Waals surface area (Å²) in [5.41, 5.74) is 1.68. The van der Waals surface area contributed by atoms with Crippen molar-refractivity contribution in [3.05, 3.63) is 144 Å². The number of benzene rings is 4. The van der Waals surface area contributed by atoms with Crippen molar-refractivity contribution in [2.45, 2.75) is 63.2 Å². The van der Waals surface area contributed by atoms with Gasteiger partial charge in [0.05, 0.1) is 24.6 Å². The van der Waals surface area contributed by atoms with E-state index in [2.05, 4.69) is 25.7 Å². The summed E-state index contributed by atoms with van der Waals surface area (Å²) in [7, 11) is 0. The number of carbonyl (C=O) groups is 4. The molecule has 4 aromatic carbocycles. The molecule has 4 N–H and O–H groups in total. The standard InChI is InChI=1S/C24H20N4O3.C20H21F3N2O4/c29-21(30)16-20(17-10-4-1-5-11-17)25-24(31)22-26-23(18-12-6-2-7-13-18)28(27-22)19-14-8-3-9-15-19;21-20(22,23)17-16(25-19(29-17)13-9-5-2-6-10-13)18(28)24-14(11-15(26)27)12-7-3-1-4-8-12/h1-15,20H,16H2,(H,25,31)(H,29,30);2,5-6,9-10,12,14H,1,3-4,7-8,11H2,(H,24,28)(H,26,27)/t20-;/m0./s1. The van der Waals surface area contributed by atoms with Gasteiger partial charge in [-0.25, -0.2) is 14.6 Å². The highest BCUT2D eigenvalue weighted by atomic mass is 19.4. The van der Waals surface area contributed by atoms with Crippen LogP contribution in [0.3, 0.4) is 0 Å². The number of amides is 2. The van der Waals surface area contributed by atoms with Crippen LogP contribution in [0.1, 0.15) is 83.4 Å². The number of carbonyl (C=O) groups excluding carboxylic acids is 2. The number of carboxylic acid groups (broad SMARTS) is 2. The smallest absolute Gasteiger partial charge is 0.452 e. The Balaban J connectivity index is 0.000000202. The van der Waals surface area contributed by atoms with Gasteiger partial charge in [0.1, 0.15) is 0 Å². The van der Waals surface area contributed by atoms with Crippen molar-refractivity contribution in [2.24, 2.45) is 5.92 Å². The Morgan fingerprint density at radius 1 is 0.700 bits per heavy atom. The van der Waals surface area contributed by atoms with Crippen LogP contribution in [-0.2, 0) is 15.8 Å². The lowest BCUT2D eigenvalue weighted by atomic mass is 9.82. The molecule has 2 heterocycles. The van der Waals surface area contributed by atoms with Crippen molar-refractivity contribution < 1.29 is 47.0 Å². The van der Waals surface area contributed by atoms with E-state index in [0.29, 0.717) is 17.0 Å². The number of hydrogen-bond donors (Lipinski definition) is 4. The molecule has 1 aliphatic carbocycles. The fourth-order valence-electron chi connectivity index (χ4n) is 6.93. The van der Waals surface area contributed by atoms with Crippen LogP contribution in [0.2, 0.25) is 0 Å². The molecule has 13 nitrogen and oxygen atoms in total. The summed E-state index contributed by atoms with van der Waals surface area (Å²) in [4.78, 5) is 56.5. The quantitative estimate of drug-likeness (QED) is 0.0880. The molecule has 0 aliphatic heterocycles. The fourth-order valence-corrected chi connectivity index (χ4v) is 6.93. The maximum absolute atomic E-state index is 13.4. The molecule has 60 heavy (non-hydrogen) atoms. The molecular weight excluding hydrogens is 782 g/mol. The summed E-state index contributed by atoms with van der Waals surface area (Å²) in [6, 6.07) is 34.3. The van der Waals surface area contributed by atoms with Crippen LogP contribution in [0.5, 0.6) is 0 Å². The van der Waals surface area contributed by atoms with E-state index in [1.54, 1.807) is 47.1 Å². The summed E-state index contributed by atoms with van der Waals surface area (Å²) in [6.07, 6.45) is -1.27. The summed E-state index contributed by atoms with van der Waals surface area (Å²) >= 11 is 0. The second-order valence-corrected chi connectivity index (χ2v) is 14.0. The third kappa shape index (κ3) is 11.1. The zero-order valence-corrected chi connectivity index (χ0v) is 32.1. The van der Waals surface area contributed by atoms with E-state index in [9.17, 15) is 37.5 Å².